The van der Waals surface area contributed by atoms with Crippen LogP contribution in [0.4, 0.5) is 10.1 Å². The fraction of sp³-hybridized carbons (Fsp3) is 0.200. The number of anilines is 1. The van der Waals surface area contributed by atoms with Crippen molar-refractivity contribution in [2.75, 3.05) is 5.32 Å². The number of amides is 2. The smallest absolute Gasteiger partial charge is 0.264 e. The number of carbonyl (C=O) groups excluding carboxylic acids is 2. The highest BCUT2D eigenvalue weighted by Gasteiger charge is 2.30. The first-order chi connectivity index (χ1) is 15.4. The van der Waals surface area contributed by atoms with Crippen molar-refractivity contribution < 1.29 is 18.7 Å². The van der Waals surface area contributed by atoms with E-state index in [1.807, 2.05) is 6.92 Å². The second-order valence-corrected chi connectivity index (χ2v) is 8.00. The molecule has 32 heavy (non-hydrogen) atoms. The third-order valence-electron chi connectivity index (χ3n) is 5.31. The van der Waals surface area contributed by atoms with Gasteiger partial charge in [-0.1, -0.05) is 42.8 Å². The highest BCUT2D eigenvalue weighted by Crippen LogP contribution is 2.30. The van der Waals surface area contributed by atoms with Crippen molar-refractivity contribution in [3.63, 3.8) is 0 Å². The zero-order valence-electron chi connectivity index (χ0n) is 17.5. The first-order valence-electron chi connectivity index (χ1n) is 10.3. The summed E-state index contributed by atoms with van der Waals surface area (Å²) in [5, 5.41) is 3.22. The van der Waals surface area contributed by atoms with Gasteiger partial charge in [0, 0.05) is 24.3 Å². The summed E-state index contributed by atoms with van der Waals surface area (Å²) in [7, 11) is 0. The second kappa shape index (κ2) is 9.40. The number of nitrogens with one attached hydrogen (secondary N) is 1. The lowest BCUT2D eigenvalue weighted by atomic mass is 10.1. The van der Waals surface area contributed by atoms with E-state index in [4.69, 9.17) is 16.3 Å². The van der Waals surface area contributed by atoms with E-state index in [-0.39, 0.29) is 17.6 Å². The minimum absolute atomic E-state index is 0.130. The molecular formula is C25H22ClFN2O3. The van der Waals surface area contributed by atoms with E-state index in [0.29, 0.717) is 41.5 Å². The Balaban J connectivity index is 1.59. The van der Waals surface area contributed by atoms with Crippen molar-refractivity contribution >= 4 is 29.1 Å². The molecule has 7 heteroatoms. The molecule has 3 aromatic rings. The fourth-order valence-electron chi connectivity index (χ4n) is 3.63. The predicted octanol–water partition coefficient (Wildman–Crippen LogP) is 5.43. The standard InChI is InChI=1S/C25H22ClFN2O3/c1-2-22-25(31)29(14-16-7-9-18(27)10-8-16)15-17-13-19(11-12-23(17)32-22)28-24(30)20-5-3-4-6-21(20)26/h3-13,22H,2,14-15H2,1H3,(H,28,30)/t22-/m1/s1. The highest BCUT2D eigenvalue weighted by molar-refractivity contribution is 6.34. The van der Waals surface area contributed by atoms with Gasteiger partial charge in [0.05, 0.1) is 10.6 Å². The van der Waals surface area contributed by atoms with E-state index in [1.54, 1.807) is 59.5 Å². The number of hydrogen-bond donors (Lipinski definition) is 1. The van der Waals surface area contributed by atoms with E-state index >= 15 is 0 Å². The number of fused-ring (bicyclic) bond motifs is 1. The molecule has 1 heterocycles. The predicted molar refractivity (Wildman–Crippen MR) is 121 cm³/mol. The van der Waals surface area contributed by atoms with Crippen LogP contribution in [-0.2, 0) is 17.9 Å². The van der Waals surface area contributed by atoms with E-state index in [0.717, 1.165) is 11.1 Å². The van der Waals surface area contributed by atoms with Gasteiger partial charge in [0.25, 0.3) is 11.8 Å². The Kier molecular flexibility index (Phi) is 6.42. The number of nitrogens with zero attached hydrogens (tertiary/aromatic N) is 1. The third kappa shape index (κ3) is 4.75. The van der Waals surface area contributed by atoms with Crippen molar-refractivity contribution in [3.8, 4) is 5.75 Å². The molecule has 2 amide bonds. The van der Waals surface area contributed by atoms with Gasteiger partial charge in [0.1, 0.15) is 11.6 Å². The largest absolute Gasteiger partial charge is 0.480 e. The average molecular weight is 453 g/mol. The maximum Gasteiger partial charge on any atom is 0.264 e. The van der Waals surface area contributed by atoms with Gasteiger partial charge < -0.3 is 15.0 Å². The first-order valence-corrected chi connectivity index (χ1v) is 10.7. The maximum atomic E-state index is 13.3. The van der Waals surface area contributed by atoms with Crippen molar-refractivity contribution in [2.24, 2.45) is 0 Å². The molecule has 0 saturated carbocycles. The van der Waals surface area contributed by atoms with Crippen molar-refractivity contribution in [2.45, 2.75) is 32.5 Å². The number of benzene rings is 3. The Hall–Kier alpha value is -3.38. The number of carbonyl (C=O) groups is 2. The molecule has 0 saturated heterocycles. The molecule has 1 aliphatic rings. The van der Waals surface area contributed by atoms with E-state index in [2.05, 4.69) is 5.32 Å². The highest BCUT2D eigenvalue weighted by atomic mass is 35.5. The Morgan fingerprint density at radius 3 is 2.62 bits per heavy atom. The summed E-state index contributed by atoms with van der Waals surface area (Å²) in [5.41, 5.74) is 2.54. The summed E-state index contributed by atoms with van der Waals surface area (Å²) in [4.78, 5) is 27.4. The number of hydrogen-bond acceptors (Lipinski definition) is 3. The molecular weight excluding hydrogens is 431 g/mol. The molecule has 0 aliphatic carbocycles. The number of halogens is 2. The van der Waals surface area contributed by atoms with Crippen LogP contribution in [0, 0.1) is 5.82 Å². The summed E-state index contributed by atoms with van der Waals surface area (Å²) < 4.78 is 19.3. The molecule has 0 aromatic heterocycles. The summed E-state index contributed by atoms with van der Waals surface area (Å²) >= 11 is 6.13. The molecule has 1 aliphatic heterocycles. The van der Waals surface area contributed by atoms with Gasteiger partial charge in [0.2, 0.25) is 0 Å². The Morgan fingerprint density at radius 2 is 1.91 bits per heavy atom. The molecule has 1 N–H and O–H groups in total. The average Bonchev–Trinajstić information content (AvgIpc) is 2.91. The van der Waals surface area contributed by atoms with E-state index < -0.39 is 6.10 Å². The summed E-state index contributed by atoms with van der Waals surface area (Å²) in [6, 6.07) is 18.2. The van der Waals surface area contributed by atoms with Crippen LogP contribution in [0.3, 0.4) is 0 Å². The second-order valence-electron chi connectivity index (χ2n) is 7.59. The quantitative estimate of drug-likeness (QED) is 0.561. The molecule has 1 atom stereocenters. The summed E-state index contributed by atoms with van der Waals surface area (Å²) in [6.45, 7) is 2.52. The molecule has 3 aromatic carbocycles. The van der Waals surface area contributed by atoms with Gasteiger partial charge in [-0.25, -0.2) is 4.39 Å². The van der Waals surface area contributed by atoms with Gasteiger partial charge in [-0.05, 0) is 54.4 Å². The van der Waals surface area contributed by atoms with Crippen LogP contribution >= 0.6 is 11.6 Å². The molecule has 0 unspecified atom stereocenters. The zero-order chi connectivity index (χ0) is 22.7. The molecule has 4 rings (SSSR count). The van der Waals surface area contributed by atoms with Crippen LogP contribution in [0.25, 0.3) is 0 Å². The lowest BCUT2D eigenvalue weighted by Crippen LogP contribution is -2.38. The molecule has 5 nitrogen and oxygen atoms in total. The minimum atomic E-state index is -0.611. The Bertz CT molecular complexity index is 1150. The monoisotopic (exact) mass is 452 g/mol. The Morgan fingerprint density at radius 1 is 1.16 bits per heavy atom. The minimum Gasteiger partial charge on any atom is -0.480 e. The van der Waals surface area contributed by atoms with Crippen LogP contribution in [0.5, 0.6) is 5.75 Å². The molecule has 0 fully saturated rings. The van der Waals surface area contributed by atoms with E-state index in [1.165, 1.54) is 12.1 Å². The number of ether oxygens (including phenoxy) is 1. The topological polar surface area (TPSA) is 58.6 Å². The SMILES string of the molecule is CC[C@H]1Oc2ccc(NC(=O)c3ccccc3Cl)cc2CN(Cc2ccc(F)cc2)C1=O. The molecule has 0 radical (unpaired) electrons. The zero-order valence-corrected chi connectivity index (χ0v) is 18.2. The summed E-state index contributed by atoms with van der Waals surface area (Å²) in [5.74, 6) is -0.178. The lowest BCUT2D eigenvalue weighted by Gasteiger charge is -2.23. The van der Waals surface area contributed by atoms with Gasteiger partial charge in [0.15, 0.2) is 6.10 Å². The molecule has 164 valence electrons. The van der Waals surface area contributed by atoms with Gasteiger partial charge >= 0.3 is 0 Å². The number of rotatable bonds is 5. The van der Waals surface area contributed by atoms with Crippen LogP contribution in [0.15, 0.2) is 66.7 Å². The maximum absolute atomic E-state index is 13.3. The van der Waals surface area contributed by atoms with Gasteiger partial charge in [-0.15, -0.1) is 0 Å². The molecule has 0 bridgehead atoms. The summed E-state index contributed by atoms with van der Waals surface area (Å²) in [6.07, 6.45) is -0.0938. The normalized spacial score (nSPS) is 15.5. The third-order valence-corrected chi connectivity index (χ3v) is 5.64. The van der Waals surface area contributed by atoms with Crippen LogP contribution in [-0.4, -0.2) is 22.8 Å². The van der Waals surface area contributed by atoms with Crippen LogP contribution < -0.4 is 10.1 Å². The van der Waals surface area contributed by atoms with Crippen molar-refractivity contribution in [3.05, 3.63) is 94.3 Å². The van der Waals surface area contributed by atoms with Crippen LogP contribution in [0.1, 0.15) is 34.8 Å². The van der Waals surface area contributed by atoms with E-state index in [9.17, 15) is 14.0 Å². The first kappa shape index (κ1) is 21.8. The lowest BCUT2D eigenvalue weighted by molar-refractivity contribution is -0.139. The Labute approximate surface area is 190 Å². The van der Waals surface area contributed by atoms with Gasteiger partial charge in [-0.2, -0.15) is 0 Å². The van der Waals surface area contributed by atoms with Crippen molar-refractivity contribution in [1.82, 2.24) is 4.90 Å². The van der Waals surface area contributed by atoms with Crippen molar-refractivity contribution in [1.29, 1.82) is 0 Å². The molecule has 0 spiro atoms. The fourth-order valence-corrected chi connectivity index (χ4v) is 3.85. The van der Waals surface area contributed by atoms with Gasteiger partial charge in [-0.3, -0.25) is 9.59 Å². The van der Waals surface area contributed by atoms with Crippen LogP contribution in [0.2, 0.25) is 5.02 Å².